The molecule has 1 aliphatic rings. The van der Waals surface area contributed by atoms with Crippen LogP contribution in [0, 0.1) is 18.8 Å². The van der Waals surface area contributed by atoms with Crippen LogP contribution >= 0.6 is 0 Å². The first-order valence-corrected chi connectivity index (χ1v) is 7.14. The highest BCUT2D eigenvalue weighted by atomic mass is 16.1. The quantitative estimate of drug-likeness (QED) is 0.577. The van der Waals surface area contributed by atoms with Gasteiger partial charge in [0.05, 0.1) is 0 Å². The minimum absolute atomic E-state index is 0.155. The molecule has 1 saturated carbocycles. The van der Waals surface area contributed by atoms with E-state index in [1.54, 1.807) is 6.07 Å². The van der Waals surface area contributed by atoms with Crippen molar-refractivity contribution in [1.82, 2.24) is 15.3 Å². The Morgan fingerprint density at radius 3 is 2.80 bits per heavy atom. The van der Waals surface area contributed by atoms with E-state index < -0.39 is 0 Å². The number of rotatable bonds is 3. The monoisotopic (exact) mass is 277 g/mol. The summed E-state index contributed by atoms with van der Waals surface area (Å²) in [4.78, 5) is 20.5. The maximum absolute atomic E-state index is 12.3. The number of carbonyl (C=O) groups excluding carboxylic acids is 1. The number of carbonyl (C=O) groups is 1. The number of aryl methyl sites for hydroxylation is 1. The number of hydrogen-bond acceptors (Lipinski definition) is 5. The second-order valence-corrected chi connectivity index (χ2v) is 5.71. The lowest BCUT2D eigenvalue weighted by molar-refractivity contribution is 0.0886. The number of anilines is 1. The fraction of sp³-hybridized carbons (Fsp3) is 0.643. The van der Waals surface area contributed by atoms with Gasteiger partial charge in [-0.05, 0) is 31.2 Å². The van der Waals surface area contributed by atoms with Crippen LogP contribution in [-0.2, 0) is 0 Å². The fourth-order valence-corrected chi connectivity index (χ4v) is 2.78. The van der Waals surface area contributed by atoms with E-state index in [-0.39, 0.29) is 17.9 Å². The highest BCUT2D eigenvalue weighted by molar-refractivity contribution is 5.92. The van der Waals surface area contributed by atoms with Crippen molar-refractivity contribution in [1.29, 1.82) is 0 Å². The maximum Gasteiger partial charge on any atom is 0.270 e. The summed E-state index contributed by atoms with van der Waals surface area (Å²) in [7, 11) is 0. The molecule has 20 heavy (non-hydrogen) atoms. The Bertz CT molecular complexity index is 490. The van der Waals surface area contributed by atoms with Crippen LogP contribution in [0.3, 0.4) is 0 Å². The van der Waals surface area contributed by atoms with Gasteiger partial charge in [0.1, 0.15) is 5.69 Å². The van der Waals surface area contributed by atoms with Gasteiger partial charge in [0.15, 0.2) is 0 Å². The number of hydrogen-bond donors (Lipinski definition) is 3. The van der Waals surface area contributed by atoms with Crippen molar-refractivity contribution < 1.29 is 4.79 Å². The van der Waals surface area contributed by atoms with Crippen molar-refractivity contribution in [3.05, 3.63) is 17.5 Å². The molecule has 1 aliphatic carbocycles. The lowest BCUT2D eigenvalue weighted by Crippen LogP contribution is -2.44. The van der Waals surface area contributed by atoms with Crippen LogP contribution in [0.1, 0.15) is 49.3 Å². The van der Waals surface area contributed by atoms with Crippen LogP contribution in [0.4, 0.5) is 5.95 Å². The molecule has 6 heteroatoms. The Hall–Kier alpha value is -1.69. The van der Waals surface area contributed by atoms with E-state index >= 15 is 0 Å². The predicted octanol–water partition coefficient (Wildman–Crippen LogP) is 1.63. The van der Waals surface area contributed by atoms with Gasteiger partial charge in [0, 0.05) is 11.7 Å². The zero-order valence-corrected chi connectivity index (χ0v) is 12.3. The minimum Gasteiger partial charge on any atom is -0.348 e. The lowest BCUT2D eigenvalue weighted by atomic mass is 9.78. The Morgan fingerprint density at radius 2 is 2.10 bits per heavy atom. The summed E-state index contributed by atoms with van der Waals surface area (Å²) >= 11 is 0. The van der Waals surface area contributed by atoms with E-state index in [0.29, 0.717) is 23.2 Å². The third kappa shape index (κ3) is 3.25. The van der Waals surface area contributed by atoms with Crippen molar-refractivity contribution in [2.75, 3.05) is 5.43 Å². The van der Waals surface area contributed by atoms with E-state index in [2.05, 4.69) is 34.6 Å². The molecular formula is C14H23N5O. The van der Waals surface area contributed by atoms with Crippen LogP contribution in [0.2, 0.25) is 0 Å². The number of nitrogens with two attached hydrogens (primary N) is 1. The largest absolute Gasteiger partial charge is 0.348 e. The molecule has 110 valence electrons. The zero-order valence-electron chi connectivity index (χ0n) is 12.3. The third-order valence-electron chi connectivity index (χ3n) is 4.24. The molecule has 1 heterocycles. The summed E-state index contributed by atoms with van der Waals surface area (Å²) in [5, 5.41) is 3.10. The average Bonchev–Trinajstić information content (AvgIpc) is 2.43. The molecule has 0 aromatic carbocycles. The molecule has 1 aromatic heterocycles. The van der Waals surface area contributed by atoms with E-state index in [1.165, 1.54) is 6.42 Å². The molecule has 2 rings (SSSR count). The molecule has 0 spiro atoms. The van der Waals surface area contributed by atoms with Gasteiger partial charge in [0.2, 0.25) is 5.95 Å². The minimum atomic E-state index is -0.155. The normalized spacial score (nSPS) is 26.1. The van der Waals surface area contributed by atoms with Gasteiger partial charge in [0.25, 0.3) is 5.91 Å². The van der Waals surface area contributed by atoms with Gasteiger partial charge in [-0.15, -0.1) is 0 Å². The van der Waals surface area contributed by atoms with Gasteiger partial charge in [-0.25, -0.2) is 15.8 Å². The van der Waals surface area contributed by atoms with Crippen molar-refractivity contribution in [2.24, 2.45) is 17.7 Å². The Labute approximate surface area is 119 Å². The molecule has 6 nitrogen and oxygen atoms in total. The Balaban J connectivity index is 2.09. The second-order valence-electron chi connectivity index (χ2n) is 5.71. The van der Waals surface area contributed by atoms with Crippen molar-refractivity contribution in [3.8, 4) is 0 Å². The summed E-state index contributed by atoms with van der Waals surface area (Å²) in [5.41, 5.74) is 3.45. The molecular weight excluding hydrogens is 254 g/mol. The smallest absolute Gasteiger partial charge is 0.270 e. The summed E-state index contributed by atoms with van der Waals surface area (Å²) in [6.45, 7) is 6.26. The molecule has 1 fully saturated rings. The average molecular weight is 277 g/mol. The van der Waals surface area contributed by atoms with E-state index in [9.17, 15) is 4.79 Å². The zero-order chi connectivity index (χ0) is 14.7. The van der Waals surface area contributed by atoms with Crippen molar-refractivity contribution in [2.45, 2.75) is 46.1 Å². The predicted molar refractivity (Wildman–Crippen MR) is 78.0 cm³/mol. The lowest BCUT2D eigenvalue weighted by Gasteiger charge is -2.34. The summed E-state index contributed by atoms with van der Waals surface area (Å²) in [6, 6.07) is 1.89. The molecule has 0 radical (unpaired) electrons. The van der Waals surface area contributed by atoms with E-state index in [4.69, 9.17) is 5.84 Å². The Kier molecular flexibility index (Phi) is 4.54. The first-order chi connectivity index (χ1) is 9.51. The summed E-state index contributed by atoms with van der Waals surface area (Å²) < 4.78 is 0. The number of nitrogen functional groups attached to an aromatic ring is 1. The molecule has 0 saturated heterocycles. The van der Waals surface area contributed by atoms with Gasteiger partial charge in [-0.3, -0.25) is 10.2 Å². The highest BCUT2D eigenvalue weighted by Crippen LogP contribution is 2.29. The fourth-order valence-electron chi connectivity index (χ4n) is 2.78. The van der Waals surface area contributed by atoms with Crippen LogP contribution < -0.4 is 16.6 Å². The highest BCUT2D eigenvalue weighted by Gasteiger charge is 2.28. The number of hydrazine groups is 1. The van der Waals surface area contributed by atoms with Crippen molar-refractivity contribution >= 4 is 11.9 Å². The molecule has 4 N–H and O–H groups in total. The molecule has 0 aliphatic heterocycles. The summed E-state index contributed by atoms with van der Waals surface area (Å²) in [5.74, 6) is 6.54. The van der Waals surface area contributed by atoms with Gasteiger partial charge < -0.3 is 5.32 Å². The number of aromatic nitrogens is 2. The standard InChI is InChI=1S/C14H23N5O/c1-8-5-4-6-11(10(8)3)17-13(20)12-7-9(2)16-14(18-12)19-15/h7-8,10-11H,4-6,15H2,1-3H3,(H,17,20)(H,16,18,19). The molecule has 0 bridgehead atoms. The van der Waals surface area contributed by atoms with E-state index in [0.717, 1.165) is 12.8 Å². The number of nitrogens with zero attached hydrogens (tertiary/aromatic N) is 2. The first kappa shape index (κ1) is 14.7. The molecule has 3 atom stereocenters. The molecule has 3 unspecified atom stereocenters. The van der Waals surface area contributed by atoms with Crippen molar-refractivity contribution in [3.63, 3.8) is 0 Å². The number of amides is 1. The van der Waals surface area contributed by atoms with Gasteiger partial charge in [-0.2, -0.15) is 0 Å². The van der Waals surface area contributed by atoms with Crippen LogP contribution in [0.15, 0.2) is 6.07 Å². The summed E-state index contributed by atoms with van der Waals surface area (Å²) in [6.07, 6.45) is 3.43. The molecule has 1 aromatic rings. The second kappa shape index (κ2) is 6.17. The van der Waals surface area contributed by atoms with Crippen LogP contribution in [0.25, 0.3) is 0 Å². The topological polar surface area (TPSA) is 92.9 Å². The number of nitrogens with one attached hydrogen (secondary N) is 2. The first-order valence-electron chi connectivity index (χ1n) is 7.14. The maximum atomic E-state index is 12.3. The third-order valence-corrected chi connectivity index (χ3v) is 4.24. The van der Waals surface area contributed by atoms with Gasteiger partial charge >= 0.3 is 0 Å². The Morgan fingerprint density at radius 1 is 1.35 bits per heavy atom. The van der Waals surface area contributed by atoms with Crippen LogP contribution in [-0.4, -0.2) is 21.9 Å². The molecule has 1 amide bonds. The van der Waals surface area contributed by atoms with Gasteiger partial charge in [-0.1, -0.05) is 26.7 Å². The SMILES string of the molecule is Cc1cc(C(=O)NC2CCCC(C)C2C)nc(NN)n1. The van der Waals surface area contributed by atoms with Crippen LogP contribution in [0.5, 0.6) is 0 Å². The van der Waals surface area contributed by atoms with E-state index in [1.807, 2.05) is 6.92 Å².